The molecule has 1 aliphatic rings. The lowest BCUT2D eigenvalue weighted by Crippen LogP contribution is -2.47. The first kappa shape index (κ1) is 18.3. The Morgan fingerprint density at radius 2 is 1.88 bits per heavy atom. The summed E-state index contributed by atoms with van der Waals surface area (Å²) in [4.78, 5) is 31.9. The summed E-state index contributed by atoms with van der Waals surface area (Å²) in [7, 11) is 1.31. The number of rotatable bonds is 3. The van der Waals surface area contributed by atoms with E-state index in [4.69, 9.17) is 10.5 Å². The number of ether oxygens (including phenoxy) is 1. The maximum absolute atomic E-state index is 12.9. The van der Waals surface area contributed by atoms with Gasteiger partial charge in [0.2, 0.25) is 0 Å². The Morgan fingerprint density at radius 3 is 2.46 bits per heavy atom. The fourth-order valence-electron chi connectivity index (χ4n) is 4.25. The monoisotopic (exact) mass is 359 g/mol. The molecule has 0 aliphatic carbocycles. The van der Waals surface area contributed by atoms with E-state index in [0.29, 0.717) is 16.9 Å². The van der Waals surface area contributed by atoms with Crippen LogP contribution in [0.5, 0.6) is 0 Å². The summed E-state index contributed by atoms with van der Waals surface area (Å²) >= 11 is 0. The Labute approximate surface area is 151 Å². The zero-order valence-electron chi connectivity index (χ0n) is 15.5. The van der Waals surface area contributed by atoms with Crippen molar-refractivity contribution in [1.29, 1.82) is 0 Å². The van der Waals surface area contributed by atoms with Crippen LogP contribution in [0.3, 0.4) is 0 Å². The third-order valence-electron chi connectivity index (χ3n) is 5.45. The third kappa shape index (κ3) is 2.40. The zero-order valence-corrected chi connectivity index (χ0v) is 15.5. The van der Waals surface area contributed by atoms with Gasteiger partial charge in [0.15, 0.2) is 0 Å². The van der Waals surface area contributed by atoms with Crippen molar-refractivity contribution in [3.05, 3.63) is 29.6 Å². The maximum Gasteiger partial charge on any atom is 0.311 e. The van der Waals surface area contributed by atoms with Crippen LogP contribution in [0.25, 0.3) is 11.0 Å². The first-order valence-corrected chi connectivity index (χ1v) is 8.37. The van der Waals surface area contributed by atoms with Crippen LogP contribution < -0.4 is 5.73 Å². The molecular weight excluding hydrogens is 336 g/mol. The van der Waals surface area contributed by atoms with Gasteiger partial charge in [0.25, 0.3) is 5.91 Å². The van der Waals surface area contributed by atoms with E-state index >= 15 is 0 Å². The molecule has 0 bridgehead atoms. The molecule has 2 heterocycles. The van der Waals surface area contributed by atoms with Crippen molar-refractivity contribution < 1.29 is 19.5 Å². The number of carbonyl (C=O) groups excluding carboxylic acids is 2. The number of fused-ring (bicyclic) bond motifs is 1. The highest BCUT2D eigenvalue weighted by molar-refractivity contribution is 6.04. The smallest absolute Gasteiger partial charge is 0.311 e. The van der Waals surface area contributed by atoms with Crippen molar-refractivity contribution in [3.8, 4) is 0 Å². The number of benzene rings is 1. The zero-order chi connectivity index (χ0) is 19.4. The van der Waals surface area contributed by atoms with E-state index in [-0.39, 0.29) is 5.56 Å². The van der Waals surface area contributed by atoms with Crippen LogP contribution in [0.1, 0.15) is 49.8 Å². The molecule has 1 aliphatic heterocycles. The molecule has 26 heavy (non-hydrogen) atoms. The first-order valence-electron chi connectivity index (χ1n) is 8.37. The predicted molar refractivity (Wildman–Crippen MR) is 93.5 cm³/mol. The lowest BCUT2D eigenvalue weighted by molar-refractivity contribution is -0.249. The Bertz CT molecular complexity index is 886. The van der Waals surface area contributed by atoms with Gasteiger partial charge < -0.3 is 15.5 Å². The van der Waals surface area contributed by atoms with Crippen molar-refractivity contribution >= 4 is 22.9 Å². The van der Waals surface area contributed by atoms with Crippen molar-refractivity contribution in [2.45, 2.75) is 44.7 Å². The SMILES string of the molecule is COC(=O)[C@@H]1[C@@H](c2nc3c(C(N)=O)cccc3[nH]2)C(C)(C)N([O])C1(C)C. The molecule has 0 unspecified atom stereocenters. The van der Waals surface area contributed by atoms with Crippen LogP contribution in [-0.2, 0) is 14.7 Å². The van der Waals surface area contributed by atoms with E-state index in [1.54, 1.807) is 45.9 Å². The van der Waals surface area contributed by atoms with E-state index < -0.39 is 34.8 Å². The summed E-state index contributed by atoms with van der Waals surface area (Å²) in [6.45, 7) is 7.00. The van der Waals surface area contributed by atoms with E-state index in [1.807, 2.05) is 0 Å². The van der Waals surface area contributed by atoms with Gasteiger partial charge in [-0.05, 0) is 39.8 Å². The van der Waals surface area contributed by atoms with Gasteiger partial charge in [-0.25, -0.2) is 4.98 Å². The van der Waals surface area contributed by atoms with E-state index in [1.165, 1.54) is 7.11 Å². The average molecular weight is 359 g/mol. The number of H-pyrrole nitrogens is 1. The number of aromatic nitrogens is 2. The van der Waals surface area contributed by atoms with Gasteiger partial charge in [-0.2, -0.15) is 0 Å². The summed E-state index contributed by atoms with van der Waals surface area (Å²) in [5, 5.41) is 13.9. The number of esters is 1. The number of nitrogens with one attached hydrogen (secondary N) is 1. The Morgan fingerprint density at radius 1 is 1.23 bits per heavy atom. The lowest BCUT2D eigenvalue weighted by atomic mass is 9.76. The van der Waals surface area contributed by atoms with Crippen molar-refractivity contribution in [2.24, 2.45) is 11.7 Å². The molecule has 1 amide bonds. The van der Waals surface area contributed by atoms with Gasteiger partial charge in [-0.15, -0.1) is 10.3 Å². The Hall–Kier alpha value is -2.45. The number of nitrogens with two attached hydrogens (primary N) is 1. The molecule has 3 rings (SSSR count). The highest BCUT2D eigenvalue weighted by Crippen LogP contribution is 2.53. The largest absolute Gasteiger partial charge is 0.469 e. The van der Waals surface area contributed by atoms with Crippen molar-refractivity contribution in [1.82, 2.24) is 15.0 Å². The van der Waals surface area contributed by atoms with Crippen molar-refractivity contribution in [3.63, 3.8) is 0 Å². The molecule has 1 aromatic heterocycles. The van der Waals surface area contributed by atoms with Gasteiger partial charge >= 0.3 is 5.97 Å². The number of carbonyl (C=O) groups is 2. The Kier molecular flexibility index (Phi) is 4.08. The molecule has 2 atom stereocenters. The molecule has 1 aromatic carbocycles. The molecule has 1 radical (unpaired) electrons. The molecule has 8 heteroatoms. The lowest BCUT2D eigenvalue weighted by Gasteiger charge is -2.33. The second-order valence-electron chi connectivity index (χ2n) is 7.77. The first-order chi connectivity index (χ1) is 12.0. The number of primary amides is 1. The standard InChI is InChI=1S/C18H23N4O4/c1-17(2)11(12(16(24)26-5)18(3,4)22(17)25)15-20-10-8-6-7-9(14(19)23)13(10)21-15/h6-8,11-12H,1-5H3,(H2,19,23)(H,20,21)/t11-,12-/m0/s1. The van der Waals surface area contributed by atoms with Crippen LogP contribution in [-0.4, -0.2) is 45.1 Å². The molecule has 8 nitrogen and oxygen atoms in total. The van der Waals surface area contributed by atoms with Crippen LogP contribution in [0.2, 0.25) is 0 Å². The van der Waals surface area contributed by atoms with E-state index in [9.17, 15) is 14.8 Å². The molecule has 139 valence electrons. The molecule has 3 N–H and O–H groups in total. The number of hydroxylamine groups is 2. The number of aromatic amines is 1. The van der Waals surface area contributed by atoms with Crippen LogP contribution >= 0.6 is 0 Å². The van der Waals surface area contributed by atoms with Crippen molar-refractivity contribution in [2.75, 3.05) is 7.11 Å². The molecule has 1 saturated heterocycles. The topological polar surface area (TPSA) is 121 Å². The van der Waals surface area contributed by atoms with Gasteiger partial charge in [-0.3, -0.25) is 9.59 Å². The van der Waals surface area contributed by atoms with Crippen LogP contribution in [0.15, 0.2) is 18.2 Å². The summed E-state index contributed by atoms with van der Waals surface area (Å²) in [5.41, 5.74) is 4.88. The van der Waals surface area contributed by atoms with Gasteiger partial charge in [0.1, 0.15) is 11.3 Å². The fraction of sp³-hybridized carbons (Fsp3) is 0.500. The highest BCUT2D eigenvalue weighted by atomic mass is 16.5. The van der Waals surface area contributed by atoms with Crippen LogP contribution in [0, 0.1) is 5.92 Å². The number of para-hydroxylation sites is 1. The predicted octanol–water partition coefficient (Wildman–Crippen LogP) is 1.75. The second-order valence-corrected chi connectivity index (χ2v) is 7.77. The normalized spacial score (nSPS) is 24.7. The fourth-order valence-corrected chi connectivity index (χ4v) is 4.25. The number of hydrogen-bond donors (Lipinski definition) is 2. The number of amides is 1. The number of imidazole rings is 1. The minimum atomic E-state index is -0.979. The molecule has 0 saturated carbocycles. The van der Waals surface area contributed by atoms with E-state index in [2.05, 4.69) is 9.97 Å². The summed E-state index contributed by atoms with van der Waals surface area (Å²) < 4.78 is 4.98. The van der Waals surface area contributed by atoms with Gasteiger partial charge in [0, 0.05) is 0 Å². The minimum Gasteiger partial charge on any atom is -0.469 e. The summed E-state index contributed by atoms with van der Waals surface area (Å²) in [6, 6.07) is 5.07. The molecular formula is C18H23N4O4. The number of hydrogen-bond acceptors (Lipinski definition) is 5. The summed E-state index contributed by atoms with van der Waals surface area (Å²) in [6.07, 6.45) is 0. The maximum atomic E-state index is 12.9. The van der Waals surface area contributed by atoms with E-state index in [0.717, 1.165) is 5.06 Å². The Balaban J connectivity index is 2.22. The number of nitrogens with zero attached hydrogens (tertiary/aromatic N) is 2. The number of methoxy groups -OCH3 is 1. The summed E-state index contributed by atoms with van der Waals surface area (Å²) in [5.74, 6) is -1.87. The van der Waals surface area contributed by atoms with Crippen LogP contribution in [0.4, 0.5) is 0 Å². The molecule has 1 fully saturated rings. The second kappa shape index (κ2) is 5.78. The van der Waals surface area contributed by atoms with Gasteiger partial charge in [0.05, 0.1) is 41.1 Å². The third-order valence-corrected chi connectivity index (χ3v) is 5.45. The average Bonchev–Trinajstić information content (AvgIpc) is 3.05. The highest BCUT2D eigenvalue weighted by Gasteiger charge is 2.63. The quantitative estimate of drug-likeness (QED) is 0.809. The molecule has 0 spiro atoms. The molecule has 2 aromatic rings. The van der Waals surface area contributed by atoms with Gasteiger partial charge in [-0.1, -0.05) is 6.07 Å². The minimum absolute atomic E-state index is 0.286.